The first-order valence-corrected chi connectivity index (χ1v) is 6.56. The van der Waals surface area contributed by atoms with E-state index >= 15 is 0 Å². The van der Waals surface area contributed by atoms with Gasteiger partial charge in [0.15, 0.2) is 0 Å². The number of fused-ring (bicyclic) bond motifs is 2. The fourth-order valence-corrected chi connectivity index (χ4v) is 2.49. The molecule has 3 aromatic heterocycles. The van der Waals surface area contributed by atoms with Crippen LogP contribution in [0.25, 0.3) is 27.8 Å². The molecule has 0 spiro atoms. The van der Waals surface area contributed by atoms with E-state index in [1.807, 2.05) is 54.7 Å². The van der Waals surface area contributed by atoms with Crippen LogP contribution < -0.4 is 0 Å². The largest absolute Gasteiger partial charge is 0.244 e. The van der Waals surface area contributed by atoms with E-state index in [0.717, 1.165) is 27.8 Å². The molecule has 0 unspecified atom stereocenters. The zero-order valence-corrected chi connectivity index (χ0v) is 11.1. The number of benzene rings is 1. The fraction of sp³-hybridized carbons (Fsp3) is 0. The van der Waals surface area contributed by atoms with Gasteiger partial charge in [0.05, 0.1) is 21.7 Å². The van der Waals surface area contributed by atoms with Crippen molar-refractivity contribution in [3.63, 3.8) is 0 Å². The summed E-state index contributed by atoms with van der Waals surface area (Å²) in [5.41, 5.74) is 3.23. The monoisotopic (exact) mass is 280 g/mol. The van der Waals surface area contributed by atoms with Crippen molar-refractivity contribution in [2.75, 3.05) is 0 Å². The molecule has 1 aromatic carbocycles. The van der Waals surface area contributed by atoms with Crippen molar-refractivity contribution in [1.29, 1.82) is 0 Å². The van der Waals surface area contributed by atoms with Crippen LogP contribution >= 0.6 is 11.6 Å². The van der Waals surface area contributed by atoms with Gasteiger partial charge in [-0.05, 0) is 24.3 Å². The number of hydrogen-bond acceptors (Lipinski definition) is 3. The summed E-state index contributed by atoms with van der Waals surface area (Å²) in [6.07, 6.45) is 1.86. The number of aromatic nitrogens is 4. The Balaban J connectivity index is 2.00. The zero-order chi connectivity index (χ0) is 13.5. The number of pyridine rings is 2. The molecule has 4 aromatic rings. The Kier molecular flexibility index (Phi) is 2.44. The van der Waals surface area contributed by atoms with Gasteiger partial charge < -0.3 is 0 Å². The lowest BCUT2D eigenvalue weighted by Gasteiger charge is -2.02. The first kappa shape index (κ1) is 11.4. The van der Waals surface area contributed by atoms with E-state index in [1.54, 1.807) is 4.52 Å². The molecule has 0 radical (unpaired) electrons. The average molecular weight is 281 g/mol. The van der Waals surface area contributed by atoms with E-state index in [0.29, 0.717) is 5.02 Å². The molecular weight excluding hydrogens is 272 g/mol. The Morgan fingerprint density at radius 3 is 2.85 bits per heavy atom. The highest BCUT2D eigenvalue weighted by atomic mass is 35.5. The van der Waals surface area contributed by atoms with E-state index in [-0.39, 0.29) is 0 Å². The average Bonchev–Trinajstić information content (AvgIpc) is 2.91. The van der Waals surface area contributed by atoms with Crippen molar-refractivity contribution in [1.82, 2.24) is 19.8 Å². The van der Waals surface area contributed by atoms with Gasteiger partial charge in [-0.2, -0.15) is 0 Å². The van der Waals surface area contributed by atoms with Crippen molar-refractivity contribution >= 4 is 28.0 Å². The number of halogens is 1. The minimum Gasteiger partial charge on any atom is -0.244 e. The molecule has 0 aliphatic rings. The van der Waals surface area contributed by atoms with Gasteiger partial charge in [0.1, 0.15) is 5.69 Å². The number of hydrogen-bond donors (Lipinski definition) is 0. The SMILES string of the molecule is Clc1cccc2ccc(-c3nnn4ccccc34)nc12. The van der Waals surface area contributed by atoms with Crippen molar-refractivity contribution in [3.05, 3.63) is 59.8 Å². The minimum absolute atomic E-state index is 0.640. The lowest BCUT2D eigenvalue weighted by molar-refractivity contribution is 0.856. The van der Waals surface area contributed by atoms with Crippen LogP contribution in [-0.4, -0.2) is 19.8 Å². The molecule has 96 valence electrons. The second-order valence-electron chi connectivity index (χ2n) is 4.48. The standard InChI is InChI=1S/C15H9ClN4/c16-11-5-3-4-10-7-8-12(17-14(10)11)15-13-6-1-2-9-20(13)19-18-15/h1-9H. The molecule has 0 amide bonds. The summed E-state index contributed by atoms with van der Waals surface area (Å²) in [5, 5.41) is 9.95. The van der Waals surface area contributed by atoms with Crippen LogP contribution in [0, 0.1) is 0 Å². The van der Waals surface area contributed by atoms with E-state index < -0.39 is 0 Å². The lowest BCUT2D eigenvalue weighted by atomic mass is 10.1. The van der Waals surface area contributed by atoms with Crippen LogP contribution in [0.5, 0.6) is 0 Å². The van der Waals surface area contributed by atoms with Crippen molar-refractivity contribution in [3.8, 4) is 11.4 Å². The van der Waals surface area contributed by atoms with E-state index in [2.05, 4.69) is 15.3 Å². The molecule has 0 atom stereocenters. The molecule has 4 rings (SSSR count). The highest BCUT2D eigenvalue weighted by molar-refractivity contribution is 6.35. The summed E-state index contributed by atoms with van der Waals surface area (Å²) < 4.78 is 1.73. The van der Waals surface area contributed by atoms with Crippen LogP contribution in [0.2, 0.25) is 5.02 Å². The predicted octanol–water partition coefficient (Wildman–Crippen LogP) is 3.60. The summed E-state index contributed by atoms with van der Waals surface area (Å²) in [4.78, 5) is 4.62. The molecule has 0 saturated carbocycles. The molecular formula is C15H9ClN4. The van der Waals surface area contributed by atoms with Gasteiger partial charge in [-0.3, -0.25) is 0 Å². The van der Waals surface area contributed by atoms with Crippen LogP contribution in [0.3, 0.4) is 0 Å². The van der Waals surface area contributed by atoms with Gasteiger partial charge in [-0.25, -0.2) is 9.50 Å². The Bertz CT molecular complexity index is 929. The maximum absolute atomic E-state index is 6.20. The smallest absolute Gasteiger partial charge is 0.139 e. The van der Waals surface area contributed by atoms with Crippen LogP contribution in [0.1, 0.15) is 0 Å². The van der Waals surface area contributed by atoms with E-state index in [4.69, 9.17) is 11.6 Å². The number of nitrogens with zero attached hydrogens (tertiary/aromatic N) is 4. The quantitative estimate of drug-likeness (QED) is 0.535. The van der Waals surface area contributed by atoms with Gasteiger partial charge in [-0.1, -0.05) is 41.1 Å². The van der Waals surface area contributed by atoms with Gasteiger partial charge >= 0.3 is 0 Å². The summed E-state index contributed by atoms with van der Waals surface area (Å²) >= 11 is 6.20. The van der Waals surface area contributed by atoms with Crippen LogP contribution in [-0.2, 0) is 0 Å². The van der Waals surface area contributed by atoms with Crippen molar-refractivity contribution in [2.45, 2.75) is 0 Å². The van der Waals surface area contributed by atoms with Crippen LogP contribution in [0.4, 0.5) is 0 Å². The topological polar surface area (TPSA) is 43.1 Å². The number of rotatable bonds is 1. The van der Waals surface area contributed by atoms with Gasteiger partial charge in [0.25, 0.3) is 0 Å². The summed E-state index contributed by atoms with van der Waals surface area (Å²) in [7, 11) is 0. The Morgan fingerprint density at radius 2 is 1.90 bits per heavy atom. The second kappa shape index (κ2) is 4.28. The van der Waals surface area contributed by atoms with Gasteiger partial charge in [-0.15, -0.1) is 5.10 Å². The highest BCUT2D eigenvalue weighted by Gasteiger charge is 2.10. The zero-order valence-electron chi connectivity index (χ0n) is 10.4. The number of para-hydroxylation sites is 1. The Morgan fingerprint density at radius 1 is 0.950 bits per heavy atom. The molecule has 20 heavy (non-hydrogen) atoms. The normalized spacial score (nSPS) is 11.2. The van der Waals surface area contributed by atoms with Crippen molar-refractivity contribution < 1.29 is 0 Å². The summed E-state index contributed by atoms with van der Waals surface area (Å²) in [6.45, 7) is 0. The molecule has 0 saturated heterocycles. The van der Waals surface area contributed by atoms with Gasteiger partial charge in [0, 0.05) is 11.6 Å². The Labute approximate surface area is 119 Å². The minimum atomic E-state index is 0.640. The molecule has 3 heterocycles. The molecule has 0 fully saturated rings. The molecule has 5 heteroatoms. The van der Waals surface area contributed by atoms with Gasteiger partial charge in [0.2, 0.25) is 0 Å². The molecule has 0 N–H and O–H groups in total. The predicted molar refractivity (Wildman–Crippen MR) is 78.7 cm³/mol. The fourth-order valence-electron chi connectivity index (χ4n) is 2.27. The Hall–Kier alpha value is -2.46. The summed E-state index contributed by atoms with van der Waals surface area (Å²) in [5.74, 6) is 0. The van der Waals surface area contributed by atoms with E-state index in [1.165, 1.54) is 0 Å². The molecule has 0 bridgehead atoms. The maximum Gasteiger partial charge on any atom is 0.139 e. The first-order chi connectivity index (χ1) is 9.83. The molecule has 0 aliphatic carbocycles. The third-order valence-corrected chi connectivity index (χ3v) is 3.54. The highest BCUT2D eigenvalue weighted by Crippen LogP contribution is 2.26. The third-order valence-electron chi connectivity index (χ3n) is 3.24. The maximum atomic E-state index is 6.20. The lowest BCUT2D eigenvalue weighted by Crippen LogP contribution is -1.87. The van der Waals surface area contributed by atoms with Crippen LogP contribution in [0.15, 0.2) is 54.7 Å². The third kappa shape index (κ3) is 1.66. The molecule has 4 nitrogen and oxygen atoms in total. The van der Waals surface area contributed by atoms with Crippen molar-refractivity contribution in [2.24, 2.45) is 0 Å². The second-order valence-corrected chi connectivity index (χ2v) is 4.88. The molecule has 0 aliphatic heterocycles. The first-order valence-electron chi connectivity index (χ1n) is 6.18. The summed E-state index contributed by atoms with van der Waals surface area (Å²) in [6, 6.07) is 15.5. The van der Waals surface area contributed by atoms with E-state index in [9.17, 15) is 0 Å².